The van der Waals surface area contributed by atoms with Gasteiger partial charge in [-0.2, -0.15) is 4.31 Å². The van der Waals surface area contributed by atoms with Crippen molar-refractivity contribution in [1.29, 1.82) is 0 Å². The monoisotopic (exact) mass is 466 g/mol. The molecule has 9 nitrogen and oxygen atoms in total. The van der Waals surface area contributed by atoms with E-state index in [0.29, 0.717) is 61.5 Å². The second kappa shape index (κ2) is 10.3. The maximum atomic E-state index is 13.1. The lowest BCUT2D eigenvalue weighted by molar-refractivity contribution is 0.179. The summed E-state index contributed by atoms with van der Waals surface area (Å²) in [7, 11) is 4.10. The Morgan fingerprint density at radius 3 is 1.88 bits per heavy atom. The van der Waals surface area contributed by atoms with Crippen molar-refractivity contribution in [2.75, 3.05) is 61.7 Å². The highest BCUT2D eigenvalue weighted by atomic mass is 32.2. The molecule has 2 aromatic rings. The average Bonchev–Trinajstić information content (AvgIpc) is 2.83. The van der Waals surface area contributed by atoms with Crippen LogP contribution in [0, 0.1) is 0 Å². The molecule has 0 aliphatic carbocycles. The Kier molecular flexibility index (Phi) is 7.70. The van der Waals surface area contributed by atoms with Gasteiger partial charge in [0, 0.05) is 44.4 Å². The zero-order valence-corrected chi connectivity index (χ0v) is 19.9. The quantitative estimate of drug-likeness (QED) is 0.556. The molecule has 0 aromatic heterocycles. The first-order valence-electron chi connectivity index (χ1n) is 10.1. The van der Waals surface area contributed by atoms with Gasteiger partial charge in [0.05, 0.1) is 40.4 Å². The van der Waals surface area contributed by atoms with Gasteiger partial charge in [0.15, 0.2) is 23.0 Å². The Hall–Kier alpha value is -2.69. The fourth-order valence-corrected chi connectivity index (χ4v) is 5.22. The molecule has 2 aromatic carbocycles. The van der Waals surface area contributed by atoms with Crippen molar-refractivity contribution < 1.29 is 32.1 Å². The largest absolute Gasteiger partial charge is 0.493 e. The average molecular weight is 467 g/mol. The second-order valence-electron chi connectivity index (χ2n) is 7.19. The molecule has 0 bridgehead atoms. The Bertz CT molecular complexity index is 1030. The van der Waals surface area contributed by atoms with Gasteiger partial charge in [-0.15, -0.1) is 0 Å². The first kappa shape index (κ1) is 24.0. The van der Waals surface area contributed by atoms with E-state index in [9.17, 15) is 8.42 Å². The van der Waals surface area contributed by atoms with Gasteiger partial charge in [-0.1, -0.05) is 6.07 Å². The van der Waals surface area contributed by atoms with E-state index < -0.39 is 10.0 Å². The molecule has 1 aliphatic heterocycles. The zero-order chi connectivity index (χ0) is 23.3. The van der Waals surface area contributed by atoms with Crippen molar-refractivity contribution in [1.82, 2.24) is 9.21 Å². The summed E-state index contributed by atoms with van der Waals surface area (Å²) >= 11 is 0. The molecule has 1 aliphatic rings. The number of hydrogen-bond donors (Lipinski definition) is 0. The van der Waals surface area contributed by atoms with E-state index in [4.69, 9.17) is 23.7 Å². The van der Waals surface area contributed by atoms with Gasteiger partial charge in [-0.25, -0.2) is 8.42 Å². The molecule has 1 fully saturated rings. The van der Waals surface area contributed by atoms with E-state index in [2.05, 4.69) is 4.90 Å². The molecule has 0 unspecified atom stereocenters. The van der Waals surface area contributed by atoms with Crippen LogP contribution in [-0.2, 0) is 16.6 Å². The number of benzene rings is 2. The van der Waals surface area contributed by atoms with E-state index in [1.165, 1.54) is 30.7 Å². The van der Waals surface area contributed by atoms with E-state index in [1.54, 1.807) is 27.4 Å². The minimum absolute atomic E-state index is 0.185. The van der Waals surface area contributed by atoms with E-state index >= 15 is 0 Å². The first-order chi connectivity index (χ1) is 15.4. The topological polar surface area (TPSA) is 86.8 Å². The van der Waals surface area contributed by atoms with E-state index in [1.807, 2.05) is 12.1 Å². The number of rotatable bonds is 9. The van der Waals surface area contributed by atoms with Crippen LogP contribution in [0.5, 0.6) is 28.7 Å². The molecule has 0 spiro atoms. The number of hydrogen-bond acceptors (Lipinski definition) is 8. The molecule has 1 heterocycles. The highest BCUT2D eigenvalue weighted by Gasteiger charge is 2.30. The Morgan fingerprint density at radius 2 is 1.31 bits per heavy atom. The molecular weight excluding hydrogens is 436 g/mol. The third-order valence-corrected chi connectivity index (χ3v) is 7.40. The van der Waals surface area contributed by atoms with Crippen molar-refractivity contribution in [3.8, 4) is 28.7 Å². The summed E-state index contributed by atoms with van der Waals surface area (Å²) in [5, 5.41) is 0. The summed E-state index contributed by atoms with van der Waals surface area (Å²) in [6, 6.07) is 8.42. The van der Waals surface area contributed by atoms with Crippen LogP contribution in [0.25, 0.3) is 0 Å². The fourth-order valence-electron chi connectivity index (χ4n) is 3.78. The molecule has 1 saturated heterocycles. The summed E-state index contributed by atoms with van der Waals surface area (Å²) in [6.07, 6.45) is 0. The lowest BCUT2D eigenvalue weighted by Crippen LogP contribution is -2.48. The molecule has 3 rings (SSSR count). The number of nitrogens with zero attached hydrogens (tertiary/aromatic N) is 2. The first-order valence-corrected chi connectivity index (χ1v) is 11.6. The van der Waals surface area contributed by atoms with E-state index in [-0.39, 0.29) is 4.90 Å². The third kappa shape index (κ3) is 4.72. The summed E-state index contributed by atoms with van der Waals surface area (Å²) < 4.78 is 54.6. The minimum atomic E-state index is -3.64. The maximum absolute atomic E-state index is 13.1. The van der Waals surface area contributed by atoms with Crippen molar-refractivity contribution in [2.45, 2.75) is 11.4 Å². The van der Waals surface area contributed by atoms with Gasteiger partial charge in [0.25, 0.3) is 0 Å². The molecule has 32 heavy (non-hydrogen) atoms. The molecule has 10 heteroatoms. The predicted molar refractivity (Wildman–Crippen MR) is 120 cm³/mol. The molecule has 176 valence electrons. The van der Waals surface area contributed by atoms with Crippen LogP contribution in [0.1, 0.15) is 5.56 Å². The normalized spacial score (nSPS) is 15.3. The SMILES string of the molecule is COc1ccc(S(=O)(=O)N2CCN(Cc3ccc(OC)c(OC)c3OC)CC2)cc1OC. The van der Waals surface area contributed by atoms with Gasteiger partial charge in [0.2, 0.25) is 15.8 Å². The van der Waals surface area contributed by atoms with Crippen molar-refractivity contribution >= 4 is 10.0 Å². The molecular formula is C22H30N2O7S. The molecule has 0 N–H and O–H groups in total. The van der Waals surface area contributed by atoms with Crippen molar-refractivity contribution in [2.24, 2.45) is 0 Å². The van der Waals surface area contributed by atoms with Gasteiger partial charge >= 0.3 is 0 Å². The van der Waals surface area contributed by atoms with Crippen LogP contribution in [0.15, 0.2) is 35.2 Å². The Labute approximate surface area is 189 Å². The smallest absolute Gasteiger partial charge is 0.243 e. The van der Waals surface area contributed by atoms with Crippen molar-refractivity contribution in [3.63, 3.8) is 0 Å². The molecule has 0 amide bonds. The number of piperazine rings is 1. The number of ether oxygens (including phenoxy) is 5. The summed E-state index contributed by atoms with van der Waals surface area (Å²) in [5.74, 6) is 2.63. The Balaban J connectivity index is 1.72. The zero-order valence-electron chi connectivity index (χ0n) is 19.1. The third-order valence-electron chi connectivity index (χ3n) is 5.50. The van der Waals surface area contributed by atoms with Crippen LogP contribution in [0.3, 0.4) is 0 Å². The summed E-state index contributed by atoms with van der Waals surface area (Å²) in [4.78, 5) is 2.37. The second-order valence-corrected chi connectivity index (χ2v) is 9.13. The van der Waals surface area contributed by atoms with Crippen LogP contribution in [0.4, 0.5) is 0 Å². The lowest BCUT2D eigenvalue weighted by Gasteiger charge is -2.34. The van der Waals surface area contributed by atoms with Crippen LogP contribution >= 0.6 is 0 Å². The van der Waals surface area contributed by atoms with Gasteiger partial charge < -0.3 is 23.7 Å². The van der Waals surface area contributed by atoms with Crippen LogP contribution in [-0.4, -0.2) is 79.4 Å². The maximum Gasteiger partial charge on any atom is 0.243 e. The van der Waals surface area contributed by atoms with Crippen LogP contribution in [0.2, 0.25) is 0 Å². The predicted octanol–water partition coefficient (Wildman–Crippen LogP) is 2.24. The molecule has 0 radical (unpaired) electrons. The Morgan fingerprint density at radius 1 is 0.719 bits per heavy atom. The highest BCUT2D eigenvalue weighted by molar-refractivity contribution is 7.89. The number of methoxy groups -OCH3 is 5. The fraction of sp³-hybridized carbons (Fsp3) is 0.455. The van der Waals surface area contributed by atoms with Crippen molar-refractivity contribution in [3.05, 3.63) is 35.9 Å². The summed E-state index contributed by atoms with van der Waals surface area (Å²) in [5.41, 5.74) is 0.946. The molecule has 0 saturated carbocycles. The van der Waals surface area contributed by atoms with Crippen LogP contribution < -0.4 is 23.7 Å². The highest BCUT2D eigenvalue weighted by Crippen LogP contribution is 2.40. The van der Waals surface area contributed by atoms with E-state index in [0.717, 1.165) is 5.56 Å². The lowest BCUT2D eigenvalue weighted by atomic mass is 10.1. The molecule has 0 atom stereocenters. The minimum Gasteiger partial charge on any atom is -0.493 e. The van der Waals surface area contributed by atoms with Gasteiger partial charge in [-0.05, 0) is 18.2 Å². The standard InChI is InChI=1S/C22H30N2O7S/c1-27-18-9-7-17(14-20(18)29-3)32(25,26)24-12-10-23(11-13-24)15-16-6-8-19(28-2)22(31-5)21(16)30-4/h6-9,14H,10-13,15H2,1-5H3. The van der Waals surface area contributed by atoms with Gasteiger partial charge in [-0.3, -0.25) is 4.90 Å². The number of sulfonamides is 1. The summed E-state index contributed by atoms with van der Waals surface area (Å²) in [6.45, 7) is 2.54. The van der Waals surface area contributed by atoms with Gasteiger partial charge in [0.1, 0.15) is 0 Å².